The second-order valence-electron chi connectivity index (χ2n) is 6.07. The SMILES string of the molecule is CCCC1CCCN(CC(CS)C(C)C)CC1. The lowest BCUT2D eigenvalue weighted by molar-refractivity contribution is 0.218. The van der Waals surface area contributed by atoms with Crippen LogP contribution in [-0.4, -0.2) is 30.3 Å². The van der Waals surface area contributed by atoms with Crippen LogP contribution < -0.4 is 0 Å². The van der Waals surface area contributed by atoms with Gasteiger partial charge in [-0.25, -0.2) is 0 Å². The van der Waals surface area contributed by atoms with E-state index in [0.29, 0.717) is 0 Å². The fourth-order valence-electron chi connectivity index (χ4n) is 2.92. The minimum atomic E-state index is 0.765. The van der Waals surface area contributed by atoms with Crippen molar-refractivity contribution in [3.05, 3.63) is 0 Å². The summed E-state index contributed by atoms with van der Waals surface area (Å²) in [5.74, 6) is 3.56. The molecule has 0 aromatic rings. The number of likely N-dealkylation sites (tertiary alicyclic amines) is 1. The van der Waals surface area contributed by atoms with Gasteiger partial charge < -0.3 is 4.90 Å². The second-order valence-corrected chi connectivity index (χ2v) is 6.44. The zero-order valence-electron chi connectivity index (χ0n) is 12.0. The Morgan fingerprint density at radius 2 is 2.00 bits per heavy atom. The van der Waals surface area contributed by atoms with E-state index in [9.17, 15) is 0 Å². The quantitative estimate of drug-likeness (QED) is 0.701. The zero-order chi connectivity index (χ0) is 12.7. The van der Waals surface area contributed by atoms with Crippen LogP contribution >= 0.6 is 12.6 Å². The van der Waals surface area contributed by atoms with Crippen molar-refractivity contribution in [2.75, 3.05) is 25.4 Å². The Hall–Kier alpha value is 0.310. The van der Waals surface area contributed by atoms with Crippen LogP contribution in [0, 0.1) is 17.8 Å². The van der Waals surface area contributed by atoms with E-state index in [4.69, 9.17) is 0 Å². The molecule has 2 unspecified atom stereocenters. The molecule has 102 valence electrons. The molecule has 0 bridgehead atoms. The first kappa shape index (κ1) is 15.4. The van der Waals surface area contributed by atoms with Crippen molar-refractivity contribution in [3.63, 3.8) is 0 Å². The zero-order valence-corrected chi connectivity index (χ0v) is 12.9. The van der Waals surface area contributed by atoms with Crippen LogP contribution in [0.25, 0.3) is 0 Å². The van der Waals surface area contributed by atoms with Gasteiger partial charge in [0.25, 0.3) is 0 Å². The monoisotopic (exact) mass is 257 g/mol. The molecule has 1 rings (SSSR count). The molecular formula is C15H31NS. The van der Waals surface area contributed by atoms with Gasteiger partial charge in [-0.3, -0.25) is 0 Å². The molecule has 1 fully saturated rings. The molecule has 0 aromatic heterocycles. The fraction of sp³-hybridized carbons (Fsp3) is 1.00. The summed E-state index contributed by atoms with van der Waals surface area (Å²) in [6.07, 6.45) is 7.08. The maximum atomic E-state index is 4.51. The topological polar surface area (TPSA) is 3.24 Å². The summed E-state index contributed by atoms with van der Waals surface area (Å²) in [6.45, 7) is 10.9. The summed E-state index contributed by atoms with van der Waals surface area (Å²) in [5, 5.41) is 0. The highest BCUT2D eigenvalue weighted by Gasteiger charge is 2.20. The third kappa shape index (κ3) is 5.65. The van der Waals surface area contributed by atoms with E-state index in [2.05, 4.69) is 38.3 Å². The molecule has 0 saturated carbocycles. The molecule has 1 heterocycles. The number of rotatable bonds is 6. The maximum absolute atomic E-state index is 4.51. The predicted molar refractivity (Wildman–Crippen MR) is 80.9 cm³/mol. The van der Waals surface area contributed by atoms with Crippen LogP contribution in [0.15, 0.2) is 0 Å². The molecule has 1 saturated heterocycles. The maximum Gasteiger partial charge on any atom is 0.00199 e. The Kier molecular flexibility index (Phi) is 7.61. The van der Waals surface area contributed by atoms with E-state index in [0.717, 1.165) is 23.5 Å². The van der Waals surface area contributed by atoms with Crippen LogP contribution in [0.2, 0.25) is 0 Å². The van der Waals surface area contributed by atoms with Crippen molar-refractivity contribution >= 4 is 12.6 Å². The Morgan fingerprint density at radius 3 is 2.59 bits per heavy atom. The highest BCUT2D eigenvalue weighted by Crippen LogP contribution is 2.23. The van der Waals surface area contributed by atoms with E-state index in [1.807, 2.05) is 0 Å². The van der Waals surface area contributed by atoms with Crippen molar-refractivity contribution in [2.24, 2.45) is 17.8 Å². The first-order valence-corrected chi connectivity index (χ1v) is 8.13. The fourth-order valence-corrected chi connectivity index (χ4v) is 3.45. The van der Waals surface area contributed by atoms with E-state index in [1.54, 1.807) is 0 Å². The number of hydrogen-bond donors (Lipinski definition) is 1. The van der Waals surface area contributed by atoms with Crippen LogP contribution in [0.4, 0.5) is 0 Å². The van der Waals surface area contributed by atoms with Gasteiger partial charge in [0.15, 0.2) is 0 Å². The van der Waals surface area contributed by atoms with Gasteiger partial charge in [0.1, 0.15) is 0 Å². The second kappa shape index (κ2) is 8.42. The lowest BCUT2D eigenvalue weighted by Crippen LogP contribution is -2.33. The average Bonchev–Trinajstić information content (AvgIpc) is 2.52. The first-order valence-electron chi connectivity index (χ1n) is 7.50. The molecule has 0 N–H and O–H groups in total. The van der Waals surface area contributed by atoms with Crippen molar-refractivity contribution in [1.29, 1.82) is 0 Å². The van der Waals surface area contributed by atoms with Crippen LogP contribution in [0.3, 0.4) is 0 Å². The highest BCUT2D eigenvalue weighted by atomic mass is 32.1. The van der Waals surface area contributed by atoms with Gasteiger partial charge in [-0.1, -0.05) is 33.6 Å². The van der Waals surface area contributed by atoms with E-state index < -0.39 is 0 Å². The van der Waals surface area contributed by atoms with Gasteiger partial charge in [0.2, 0.25) is 0 Å². The molecular weight excluding hydrogens is 226 g/mol. The summed E-state index contributed by atoms with van der Waals surface area (Å²) in [6, 6.07) is 0. The summed E-state index contributed by atoms with van der Waals surface area (Å²) in [7, 11) is 0. The van der Waals surface area contributed by atoms with Crippen LogP contribution in [0.5, 0.6) is 0 Å². The Bertz CT molecular complexity index is 193. The Labute approximate surface area is 114 Å². The molecule has 2 heteroatoms. The minimum Gasteiger partial charge on any atom is -0.303 e. The number of thiol groups is 1. The van der Waals surface area contributed by atoms with Gasteiger partial charge in [0.05, 0.1) is 0 Å². The molecule has 0 aromatic carbocycles. The molecule has 1 nitrogen and oxygen atoms in total. The number of hydrogen-bond acceptors (Lipinski definition) is 2. The molecule has 1 aliphatic heterocycles. The molecule has 0 aliphatic carbocycles. The van der Waals surface area contributed by atoms with Gasteiger partial charge >= 0.3 is 0 Å². The standard InChI is InChI=1S/C15H31NS/c1-4-6-14-7-5-9-16(10-8-14)11-15(12-17)13(2)3/h13-15,17H,4-12H2,1-3H3. The molecule has 0 radical (unpaired) electrons. The van der Waals surface area contributed by atoms with Gasteiger partial charge in [-0.15, -0.1) is 0 Å². The lowest BCUT2D eigenvalue weighted by atomic mass is 9.96. The Morgan fingerprint density at radius 1 is 1.24 bits per heavy atom. The number of nitrogens with zero attached hydrogens (tertiary/aromatic N) is 1. The summed E-state index contributed by atoms with van der Waals surface area (Å²) in [4.78, 5) is 2.69. The highest BCUT2D eigenvalue weighted by molar-refractivity contribution is 7.80. The molecule has 1 aliphatic rings. The van der Waals surface area contributed by atoms with Gasteiger partial charge in [0, 0.05) is 6.54 Å². The van der Waals surface area contributed by atoms with Crippen molar-refractivity contribution in [1.82, 2.24) is 4.90 Å². The molecule has 0 amide bonds. The Balaban J connectivity index is 2.35. The first-order chi connectivity index (χ1) is 8.17. The van der Waals surface area contributed by atoms with Crippen LogP contribution in [0.1, 0.15) is 52.9 Å². The van der Waals surface area contributed by atoms with E-state index in [1.165, 1.54) is 51.7 Å². The van der Waals surface area contributed by atoms with Crippen molar-refractivity contribution in [3.8, 4) is 0 Å². The minimum absolute atomic E-state index is 0.765. The predicted octanol–water partition coefficient (Wildman–Crippen LogP) is 4.09. The summed E-state index contributed by atoms with van der Waals surface area (Å²) < 4.78 is 0. The van der Waals surface area contributed by atoms with Crippen molar-refractivity contribution < 1.29 is 0 Å². The van der Waals surface area contributed by atoms with E-state index in [-0.39, 0.29) is 0 Å². The molecule has 17 heavy (non-hydrogen) atoms. The smallest absolute Gasteiger partial charge is 0.00199 e. The van der Waals surface area contributed by atoms with Gasteiger partial charge in [-0.05, 0) is 55.9 Å². The lowest BCUT2D eigenvalue weighted by Gasteiger charge is -2.27. The van der Waals surface area contributed by atoms with E-state index >= 15 is 0 Å². The third-order valence-corrected chi connectivity index (χ3v) is 4.78. The largest absolute Gasteiger partial charge is 0.303 e. The third-order valence-electron chi connectivity index (χ3n) is 4.31. The normalized spacial score (nSPS) is 24.9. The van der Waals surface area contributed by atoms with Crippen LogP contribution in [-0.2, 0) is 0 Å². The molecule has 2 atom stereocenters. The summed E-state index contributed by atoms with van der Waals surface area (Å²) >= 11 is 4.51. The molecule has 0 spiro atoms. The van der Waals surface area contributed by atoms with Gasteiger partial charge in [-0.2, -0.15) is 12.6 Å². The average molecular weight is 257 g/mol. The van der Waals surface area contributed by atoms with Crippen molar-refractivity contribution in [2.45, 2.75) is 52.9 Å². The summed E-state index contributed by atoms with van der Waals surface area (Å²) in [5.41, 5.74) is 0.